The lowest BCUT2D eigenvalue weighted by Gasteiger charge is -2.33. The summed E-state index contributed by atoms with van der Waals surface area (Å²) in [6.07, 6.45) is 1.31. The van der Waals surface area contributed by atoms with Gasteiger partial charge in [-0.1, -0.05) is 0 Å². The van der Waals surface area contributed by atoms with E-state index in [9.17, 15) is 14.0 Å². The van der Waals surface area contributed by atoms with E-state index < -0.39 is 18.0 Å². The van der Waals surface area contributed by atoms with E-state index in [4.69, 9.17) is 20.4 Å². The van der Waals surface area contributed by atoms with Crippen LogP contribution in [0, 0.1) is 11.7 Å². The number of amides is 1. The molecule has 1 saturated carbocycles. The lowest BCUT2D eigenvalue weighted by Crippen LogP contribution is -2.50. The number of H-pyrrole nitrogens is 1. The Kier molecular flexibility index (Phi) is 6.87. The van der Waals surface area contributed by atoms with Crippen LogP contribution in [0.25, 0.3) is 55.7 Å². The zero-order chi connectivity index (χ0) is 32.6. The molecule has 0 unspecified atom stereocenters. The van der Waals surface area contributed by atoms with Crippen LogP contribution in [0.2, 0.25) is 0 Å². The van der Waals surface area contributed by atoms with Crippen LogP contribution in [0.4, 0.5) is 8.78 Å². The number of aromatic nitrogens is 5. The van der Waals surface area contributed by atoms with Crippen LogP contribution in [-0.2, 0) is 13.6 Å². The number of aromatic amines is 1. The molecule has 1 amide bonds. The molecule has 3 N–H and O–H groups in total. The number of ether oxygens (including phenoxy) is 1. The number of likely N-dealkylation sites (tertiary alicyclic amines) is 1. The number of fused-ring (bicyclic) bond motifs is 3. The van der Waals surface area contributed by atoms with E-state index in [1.165, 1.54) is 17.0 Å². The Hall–Kier alpha value is -5.10. The van der Waals surface area contributed by atoms with Crippen molar-refractivity contribution in [1.82, 2.24) is 29.0 Å². The zero-order valence-corrected chi connectivity index (χ0v) is 26.0. The zero-order valence-electron chi connectivity index (χ0n) is 26.0. The third-order valence-electron chi connectivity index (χ3n) is 9.31. The van der Waals surface area contributed by atoms with Crippen molar-refractivity contribution in [2.75, 3.05) is 20.2 Å². The number of nitrogens with zero attached hydrogens (tertiary/aromatic N) is 5. The third kappa shape index (κ3) is 5.12. The highest BCUT2D eigenvalue weighted by atomic mass is 19.1. The van der Waals surface area contributed by atoms with Crippen molar-refractivity contribution in [1.29, 1.82) is 0 Å². The second kappa shape index (κ2) is 11.0. The van der Waals surface area contributed by atoms with Crippen molar-refractivity contribution in [3.63, 3.8) is 0 Å². The van der Waals surface area contributed by atoms with Crippen LogP contribution in [-0.4, -0.2) is 67.3 Å². The summed E-state index contributed by atoms with van der Waals surface area (Å²) >= 11 is 0. The number of rotatable bonds is 6. The lowest BCUT2D eigenvalue weighted by molar-refractivity contribution is 0.0606. The van der Waals surface area contributed by atoms with Crippen LogP contribution in [0.3, 0.4) is 0 Å². The van der Waals surface area contributed by atoms with Crippen molar-refractivity contribution in [2.24, 2.45) is 18.7 Å². The van der Waals surface area contributed by atoms with E-state index in [0.717, 1.165) is 41.6 Å². The molecule has 0 spiro atoms. The summed E-state index contributed by atoms with van der Waals surface area (Å²) in [5, 5.41) is 1.49. The molecule has 4 aromatic heterocycles. The summed E-state index contributed by atoms with van der Waals surface area (Å²) in [5.74, 6) is 0.827. The average molecular weight is 638 g/mol. The minimum absolute atomic E-state index is 0.00196. The number of hydrogen-bond acceptors (Lipinski definition) is 6. The highest BCUT2D eigenvalue weighted by Gasteiger charge is 2.30. The van der Waals surface area contributed by atoms with E-state index in [1.54, 1.807) is 25.3 Å². The summed E-state index contributed by atoms with van der Waals surface area (Å²) in [6.45, 7) is 1.03. The topological polar surface area (TPSA) is 124 Å². The number of imidazole rings is 1. The molecule has 5 heterocycles. The Morgan fingerprint density at radius 1 is 1.06 bits per heavy atom. The normalized spacial score (nSPS) is 18.4. The maximum Gasteiger partial charge on any atom is 0.254 e. The maximum atomic E-state index is 15.1. The summed E-state index contributed by atoms with van der Waals surface area (Å²) in [7, 11) is 3.46. The highest BCUT2D eigenvalue weighted by Crippen LogP contribution is 2.38. The molecule has 240 valence electrons. The van der Waals surface area contributed by atoms with Gasteiger partial charge in [-0.2, -0.15) is 0 Å². The number of hydrogen-bond donors (Lipinski definition) is 2. The van der Waals surface area contributed by atoms with E-state index >= 15 is 4.39 Å². The standard InChI is InChI=1S/C35H33F2N7O3/c1-42-32-27(11-22(13-29(32)47-2)35(46)43-16-23(36)14-24(38)17-43)40-34(42)28-12-20-5-7-26(39-33(20)44(28)15-18-3-4-18)21-9-19-6-8-30(45)41-31(19)25(37)10-21/h5-13,18,23-24H,3-4,14-17,38H2,1-2H3,(H,41,45)/t23-,24-/m1/s1. The number of carbonyl (C=O) groups is 1. The molecule has 47 heavy (non-hydrogen) atoms. The predicted octanol–water partition coefficient (Wildman–Crippen LogP) is 5.17. The Labute approximate surface area is 267 Å². The first kappa shape index (κ1) is 29.3. The number of aryl methyl sites for hydroxylation is 1. The molecule has 8 rings (SSSR count). The first-order valence-electron chi connectivity index (χ1n) is 15.7. The monoisotopic (exact) mass is 637 g/mol. The van der Waals surface area contributed by atoms with Crippen LogP contribution < -0.4 is 16.0 Å². The first-order chi connectivity index (χ1) is 22.7. The van der Waals surface area contributed by atoms with E-state index in [1.807, 2.05) is 29.8 Å². The Morgan fingerprint density at radius 3 is 2.64 bits per heavy atom. The maximum absolute atomic E-state index is 15.1. The van der Waals surface area contributed by atoms with Gasteiger partial charge in [0.1, 0.15) is 28.9 Å². The number of alkyl halides is 1. The molecule has 0 bridgehead atoms. The van der Waals surface area contributed by atoms with E-state index in [2.05, 4.69) is 15.6 Å². The fourth-order valence-electron chi connectivity index (χ4n) is 6.83. The summed E-state index contributed by atoms with van der Waals surface area (Å²) < 4.78 is 39.2. The van der Waals surface area contributed by atoms with Crippen LogP contribution >= 0.6 is 0 Å². The van der Waals surface area contributed by atoms with Crippen molar-refractivity contribution < 1.29 is 18.3 Å². The fourth-order valence-corrected chi connectivity index (χ4v) is 6.83. The van der Waals surface area contributed by atoms with Crippen LogP contribution in [0.5, 0.6) is 5.75 Å². The van der Waals surface area contributed by atoms with Gasteiger partial charge in [0.05, 0.1) is 36.1 Å². The Balaban J connectivity index is 1.24. The number of methoxy groups -OCH3 is 1. The second-order valence-electron chi connectivity index (χ2n) is 12.8. The average Bonchev–Trinajstić information content (AvgIpc) is 3.72. The van der Waals surface area contributed by atoms with Crippen molar-refractivity contribution >= 4 is 38.9 Å². The number of carbonyl (C=O) groups excluding carboxylic acids is 1. The van der Waals surface area contributed by atoms with Gasteiger partial charge in [0.15, 0.2) is 5.82 Å². The van der Waals surface area contributed by atoms with Gasteiger partial charge in [0, 0.05) is 54.1 Å². The van der Waals surface area contributed by atoms with Crippen molar-refractivity contribution in [3.05, 3.63) is 76.3 Å². The largest absolute Gasteiger partial charge is 0.494 e. The molecule has 2 atom stereocenters. The molecular weight excluding hydrogens is 604 g/mol. The minimum Gasteiger partial charge on any atom is -0.494 e. The Morgan fingerprint density at radius 2 is 1.87 bits per heavy atom. The van der Waals surface area contributed by atoms with Gasteiger partial charge in [-0.15, -0.1) is 0 Å². The van der Waals surface area contributed by atoms with Crippen molar-refractivity contribution in [3.8, 4) is 28.5 Å². The summed E-state index contributed by atoms with van der Waals surface area (Å²) in [4.78, 5) is 39.3. The quantitative estimate of drug-likeness (QED) is 0.260. The lowest BCUT2D eigenvalue weighted by atomic mass is 10.0. The molecule has 0 radical (unpaired) electrons. The highest BCUT2D eigenvalue weighted by molar-refractivity contribution is 6.00. The number of nitrogens with one attached hydrogen (secondary N) is 1. The van der Waals surface area contributed by atoms with Gasteiger partial charge in [-0.05, 0) is 73.7 Å². The number of pyridine rings is 2. The van der Waals surface area contributed by atoms with E-state index in [-0.39, 0.29) is 36.5 Å². The SMILES string of the molecule is COc1cc(C(=O)N2C[C@H](N)C[C@@H](F)C2)cc2nc(-c3cc4ccc(-c5cc(F)c6[nH]c(=O)ccc6c5)nc4n3CC3CC3)n(C)c12. The van der Waals surface area contributed by atoms with Crippen LogP contribution in [0.1, 0.15) is 29.6 Å². The molecule has 12 heteroatoms. The minimum atomic E-state index is -1.16. The number of piperidine rings is 1. The van der Waals surface area contributed by atoms with Gasteiger partial charge in [-0.25, -0.2) is 18.7 Å². The number of nitrogens with two attached hydrogens (primary N) is 1. The van der Waals surface area contributed by atoms with Gasteiger partial charge >= 0.3 is 0 Å². The first-order valence-corrected chi connectivity index (χ1v) is 15.7. The fraction of sp³-hybridized carbons (Fsp3) is 0.314. The van der Waals surface area contributed by atoms with Crippen molar-refractivity contribution in [2.45, 2.75) is 38.0 Å². The molecule has 1 aliphatic heterocycles. The molecule has 2 aliphatic rings. The molecule has 1 saturated heterocycles. The molecular formula is C35H33F2N7O3. The van der Waals surface area contributed by atoms with Gasteiger partial charge in [0.2, 0.25) is 5.56 Å². The smallest absolute Gasteiger partial charge is 0.254 e. The van der Waals surface area contributed by atoms with Gasteiger partial charge < -0.3 is 29.5 Å². The second-order valence-corrected chi connectivity index (χ2v) is 12.8. The van der Waals surface area contributed by atoms with Crippen LogP contribution in [0.15, 0.2) is 59.4 Å². The molecule has 10 nitrogen and oxygen atoms in total. The molecule has 2 aromatic carbocycles. The Bertz CT molecular complexity index is 2280. The summed E-state index contributed by atoms with van der Waals surface area (Å²) in [6, 6.07) is 15.1. The van der Waals surface area contributed by atoms with Gasteiger partial charge in [0.25, 0.3) is 5.91 Å². The number of halogens is 2. The van der Waals surface area contributed by atoms with E-state index in [0.29, 0.717) is 45.2 Å². The molecule has 1 aliphatic carbocycles. The molecule has 6 aromatic rings. The number of benzene rings is 2. The summed E-state index contributed by atoms with van der Waals surface area (Å²) in [5.41, 5.74) is 10.3. The van der Waals surface area contributed by atoms with Gasteiger partial charge in [-0.3, -0.25) is 9.59 Å². The predicted molar refractivity (Wildman–Crippen MR) is 176 cm³/mol. The molecule has 2 fully saturated rings. The third-order valence-corrected chi connectivity index (χ3v) is 9.31.